The van der Waals surface area contributed by atoms with Gasteiger partial charge in [0.05, 0.1) is 0 Å². The second-order valence-corrected chi connectivity index (χ2v) is 20.6. The molecule has 0 spiro atoms. The van der Waals surface area contributed by atoms with Gasteiger partial charge in [-0.05, 0) is 0 Å². The molecule has 2 rings (SSSR count). The summed E-state index contributed by atoms with van der Waals surface area (Å²) in [5, 5.41) is 0. The molecule has 1 unspecified atom stereocenters. The Hall–Kier alpha value is -0.241. The van der Waals surface area contributed by atoms with Crippen LogP contribution in [0.3, 0.4) is 0 Å². The Morgan fingerprint density at radius 2 is 1.71 bits per heavy atom. The Bertz CT molecular complexity index is 382. The Morgan fingerprint density at radius 1 is 1.07 bits per heavy atom. The second-order valence-electron chi connectivity index (χ2n) is 5.28. The number of benzene rings is 1. The van der Waals surface area contributed by atoms with E-state index < -0.39 is 18.4 Å². The fourth-order valence-electron chi connectivity index (χ4n) is 2.27. The molecular weight excluding hydrogens is 275 g/mol. The van der Waals surface area contributed by atoms with Gasteiger partial charge in [0.15, 0.2) is 0 Å². The molecule has 1 atom stereocenters. The van der Waals surface area contributed by atoms with Crippen LogP contribution in [-0.2, 0) is 0 Å². The van der Waals surface area contributed by atoms with Crippen LogP contribution in [0.4, 0.5) is 0 Å². The van der Waals surface area contributed by atoms with E-state index in [9.17, 15) is 0 Å². The third-order valence-corrected chi connectivity index (χ3v) is 9.76. The molecule has 0 saturated carbocycles. The van der Waals surface area contributed by atoms with E-state index in [1.54, 1.807) is 5.56 Å². The summed E-state index contributed by atoms with van der Waals surface area (Å²) in [5.74, 6) is 0. The Kier molecular flexibility index (Phi) is 2.50. The predicted molar refractivity (Wildman–Crippen MR) is 66.2 cm³/mol. The molecule has 0 heterocycles. The SMILES string of the molecule is CC1=C[CH]([Sn]([CH3])([CH3])[CH3])c2ccccc21. The Balaban J connectivity index is 2.52. The molecule has 0 saturated heterocycles. The van der Waals surface area contributed by atoms with Crippen molar-refractivity contribution >= 4 is 24.0 Å². The van der Waals surface area contributed by atoms with Crippen molar-refractivity contribution in [2.45, 2.75) is 25.7 Å². The minimum absolute atomic E-state index is 0.792. The molecule has 0 radical (unpaired) electrons. The summed E-state index contributed by atoms with van der Waals surface area (Å²) >= 11 is -1.82. The van der Waals surface area contributed by atoms with Crippen LogP contribution in [0.15, 0.2) is 30.3 Å². The van der Waals surface area contributed by atoms with Gasteiger partial charge in [-0.1, -0.05) is 0 Å². The number of fused-ring (bicyclic) bond motifs is 1. The molecule has 0 nitrogen and oxygen atoms in total. The zero-order valence-corrected chi connectivity index (χ0v) is 12.3. The van der Waals surface area contributed by atoms with E-state index in [-0.39, 0.29) is 0 Å². The third-order valence-electron chi connectivity index (χ3n) is 3.07. The molecule has 0 bridgehead atoms. The molecule has 74 valence electrons. The summed E-state index contributed by atoms with van der Waals surface area (Å²) in [5.41, 5.74) is 4.56. The predicted octanol–water partition coefficient (Wildman–Crippen LogP) is 4.06. The van der Waals surface area contributed by atoms with E-state index in [4.69, 9.17) is 0 Å². The summed E-state index contributed by atoms with van der Waals surface area (Å²) in [6, 6.07) is 8.90. The van der Waals surface area contributed by atoms with Crippen molar-refractivity contribution in [3.8, 4) is 0 Å². The van der Waals surface area contributed by atoms with E-state index in [2.05, 4.69) is 52.1 Å². The maximum absolute atomic E-state index is 2.52. The van der Waals surface area contributed by atoms with Crippen molar-refractivity contribution in [1.29, 1.82) is 0 Å². The van der Waals surface area contributed by atoms with E-state index in [1.807, 2.05) is 0 Å². The number of allylic oxidation sites excluding steroid dienone is 2. The summed E-state index contributed by atoms with van der Waals surface area (Å²) in [6.07, 6.45) is 2.50. The van der Waals surface area contributed by atoms with Gasteiger partial charge in [0.1, 0.15) is 0 Å². The van der Waals surface area contributed by atoms with Gasteiger partial charge in [-0.3, -0.25) is 0 Å². The molecule has 0 amide bonds. The molecule has 0 aliphatic heterocycles. The normalized spacial score (nSPS) is 20.6. The maximum atomic E-state index is 2.52. The van der Waals surface area contributed by atoms with Gasteiger partial charge < -0.3 is 0 Å². The van der Waals surface area contributed by atoms with E-state index in [0.29, 0.717) is 0 Å². The Morgan fingerprint density at radius 3 is 2.36 bits per heavy atom. The van der Waals surface area contributed by atoms with Crippen LogP contribution in [-0.4, -0.2) is 18.4 Å². The van der Waals surface area contributed by atoms with Gasteiger partial charge in [0.2, 0.25) is 0 Å². The van der Waals surface area contributed by atoms with Crippen LogP contribution < -0.4 is 0 Å². The van der Waals surface area contributed by atoms with Crippen molar-refractivity contribution in [1.82, 2.24) is 0 Å². The van der Waals surface area contributed by atoms with Gasteiger partial charge >= 0.3 is 91.1 Å². The van der Waals surface area contributed by atoms with Gasteiger partial charge in [-0.2, -0.15) is 0 Å². The molecular formula is C13H18Sn. The summed E-state index contributed by atoms with van der Waals surface area (Å²) in [4.78, 5) is 7.56. The first-order chi connectivity index (χ1) is 6.50. The van der Waals surface area contributed by atoms with Crippen molar-refractivity contribution in [2.24, 2.45) is 0 Å². The molecule has 0 fully saturated rings. The van der Waals surface area contributed by atoms with E-state index in [0.717, 1.165) is 3.93 Å². The van der Waals surface area contributed by atoms with E-state index >= 15 is 0 Å². The fourth-order valence-corrected chi connectivity index (χ4v) is 7.80. The van der Waals surface area contributed by atoms with Gasteiger partial charge in [-0.15, -0.1) is 0 Å². The molecule has 1 aromatic carbocycles. The third kappa shape index (κ3) is 1.65. The first-order valence-corrected chi connectivity index (χ1v) is 15.5. The molecule has 1 aliphatic carbocycles. The van der Waals surface area contributed by atoms with Crippen LogP contribution in [0.2, 0.25) is 14.8 Å². The van der Waals surface area contributed by atoms with Gasteiger partial charge in [-0.25, -0.2) is 0 Å². The van der Waals surface area contributed by atoms with Crippen molar-refractivity contribution in [3.05, 3.63) is 41.5 Å². The van der Waals surface area contributed by atoms with Crippen LogP contribution >= 0.6 is 0 Å². The second kappa shape index (κ2) is 3.41. The summed E-state index contributed by atoms with van der Waals surface area (Å²) in [6.45, 7) is 2.25. The number of hydrogen-bond acceptors (Lipinski definition) is 0. The molecule has 1 aliphatic rings. The van der Waals surface area contributed by atoms with Crippen LogP contribution in [0, 0.1) is 0 Å². The monoisotopic (exact) mass is 294 g/mol. The first kappa shape index (κ1) is 10.3. The zero-order valence-electron chi connectivity index (χ0n) is 9.46. The standard InChI is InChI=1S/C10H9.3CH3.Sn/c1-8-6-7-9-4-2-3-5-10(8)9;;;;/h2-7H,1H3;3*1H3;. The van der Waals surface area contributed by atoms with Crippen LogP contribution in [0.5, 0.6) is 0 Å². The molecule has 1 aromatic rings. The van der Waals surface area contributed by atoms with Gasteiger partial charge in [0.25, 0.3) is 0 Å². The van der Waals surface area contributed by atoms with E-state index in [1.165, 1.54) is 11.1 Å². The fraction of sp³-hybridized carbons (Fsp3) is 0.385. The van der Waals surface area contributed by atoms with Crippen molar-refractivity contribution in [3.63, 3.8) is 0 Å². The van der Waals surface area contributed by atoms with Crippen LogP contribution in [0.25, 0.3) is 5.57 Å². The first-order valence-electron chi connectivity index (χ1n) is 5.28. The number of rotatable bonds is 1. The van der Waals surface area contributed by atoms with Crippen molar-refractivity contribution in [2.75, 3.05) is 0 Å². The van der Waals surface area contributed by atoms with Crippen LogP contribution in [0.1, 0.15) is 22.0 Å². The van der Waals surface area contributed by atoms with Crippen molar-refractivity contribution < 1.29 is 0 Å². The minimum atomic E-state index is -1.82. The average molecular weight is 293 g/mol. The topological polar surface area (TPSA) is 0 Å². The molecule has 0 N–H and O–H groups in total. The van der Waals surface area contributed by atoms with Gasteiger partial charge in [0, 0.05) is 0 Å². The average Bonchev–Trinajstić information content (AvgIpc) is 2.44. The summed E-state index contributed by atoms with van der Waals surface area (Å²) < 4.78 is 0.792. The molecule has 14 heavy (non-hydrogen) atoms. The molecule has 0 aromatic heterocycles. The summed E-state index contributed by atoms with van der Waals surface area (Å²) in [7, 11) is 0. The molecule has 1 heteroatoms. The quantitative estimate of drug-likeness (QED) is 0.685. The number of hydrogen-bond donors (Lipinski definition) is 0. The zero-order chi connectivity index (χ0) is 10.3. The Labute approximate surface area is 90.9 Å².